The highest BCUT2D eigenvalue weighted by molar-refractivity contribution is 5.80. The molecule has 9 rings (SSSR count). The lowest BCUT2D eigenvalue weighted by molar-refractivity contribution is -0.391. The highest BCUT2D eigenvalue weighted by Crippen LogP contribution is 2.89. The maximum atomic E-state index is 13.0. The zero-order chi connectivity index (χ0) is 55.5. The number of carbonyl (C=O) groups is 1. The van der Waals surface area contributed by atoms with Crippen LogP contribution in [0, 0.1) is 56.7 Å². The van der Waals surface area contributed by atoms with E-state index in [9.17, 15) is 76.3 Å². The number of aliphatic hydroxyl groups is 14. The fourth-order valence-electron chi connectivity index (χ4n) is 17.0. The van der Waals surface area contributed by atoms with Gasteiger partial charge in [0, 0.05) is 17.8 Å². The van der Waals surface area contributed by atoms with Crippen LogP contribution in [-0.4, -0.2) is 239 Å². The Hall–Kier alpha value is -1.21. The Bertz CT molecular complexity index is 2020. The number of hydrogen-bond donors (Lipinski definition) is 14. The lowest BCUT2D eigenvalue weighted by Gasteiger charge is -2.64. The van der Waals surface area contributed by atoms with Gasteiger partial charge in [0.25, 0.3) is 0 Å². The van der Waals surface area contributed by atoms with Gasteiger partial charge in [-0.1, -0.05) is 48.5 Å². The van der Waals surface area contributed by atoms with Gasteiger partial charge in [0.2, 0.25) is 0 Å². The van der Waals surface area contributed by atoms with Crippen molar-refractivity contribution < 1.29 is 114 Å². The molecule has 2 spiro atoms. The zero-order valence-corrected chi connectivity index (χ0v) is 44.7. The van der Waals surface area contributed by atoms with E-state index in [1.807, 2.05) is 13.8 Å². The van der Waals surface area contributed by atoms with Gasteiger partial charge in [-0.15, -0.1) is 0 Å². The second-order valence-electron chi connectivity index (χ2n) is 25.7. The molecule has 4 saturated heterocycles. The average Bonchev–Trinajstić information content (AvgIpc) is 4.20. The number of fused-ring (bicyclic) bond motifs is 2. The number of Topliss-reactive ketones (excluding diaryl/α,β-unsaturated/α-hetero) is 1. The Labute approximate surface area is 443 Å². The van der Waals surface area contributed by atoms with Crippen molar-refractivity contribution in [2.45, 2.75) is 241 Å². The lowest BCUT2D eigenvalue weighted by Crippen LogP contribution is -2.67. The number of ketones is 1. The second kappa shape index (κ2) is 21.8. The largest absolute Gasteiger partial charge is 0.394 e. The normalized spacial score (nSPS) is 54.3. The molecule has 438 valence electrons. The summed E-state index contributed by atoms with van der Waals surface area (Å²) < 4.78 is 48.8. The summed E-state index contributed by atoms with van der Waals surface area (Å²) in [6, 6.07) is 0. The first kappa shape index (κ1) is 59.4. The molecule has 0 aromatic heterocycles. The minimum atomic E-state index is -1.98. The molecule has 9 aliphatic rings. The molecule has 5 saturated carbocycles. The van der Waals surface area contributed by atoms with Crippen molar-refractivity contribution in [3.63, 3.8) is 0 Å². The van der Waals surface area contributed by atoms with Gasteiger partial charge in [-0.25, -0.2) is 0 Å². The average molecular weight is 1090 g/mol. The minimum absolute atomic E-state index is 0.00395. The van der Waals surface area contributed by atoms with E-state index in [4.69, 9.17) is 37.9 Å². The molecule has 0 amide bonds. The molecule has 0 aromatic rings. The third-order valence-corrected chi connectivity index (χ3v) is 21.3. The van der Waals surface area contributed by atoms with Crippen LogP contribution >= 0.6 is 0 Å². The molecule has 4 heterocycles. The number of hydrogen-bond acceptors (Lipinski definition) is 23. The molecule has 4 aliphatic heterocycles. The summed E-state index contributed by atoms with van der Waals surface area (Å²) in [4.78, 5) is 13.0. The molecule has 76 heavy (non-hydrogen) atoms. The van der Waals surface area contributed by atoms with Gasteiger partial charge in [0.15, 0.2) is 25.2 Å². The summed E-state index contributed by atoms with van der Waals surface area (Å²) >= 11 is 0. The van der Waals surface area contributed by atoms with Crippen LogP contribution in [0.2, 0.25) is 0 Å². The summed E-state index contributed by atoms with van der Waals surface area (Å²) in [5.41, 5.74) is -2.30. The van der Waals surface area contributed by atoms with Crippen LogP contribution in [0.4, 0.5) is 0 Å². The first-order valence-corrected chi connectivity index (χ1v) is 27.7. The van der Waals surface area contributed by atoms with Crippen LogP contribution in [0.1, 0.15) is 106 Å². The Morgan fingerprint density at radius 1 is 0.579 bits per heavy atom. The summed E-state index contributed by atoms with van der Waals surface area (Å²) in [5, 5.41) is 152. The van der Waals surface area contributed by atoms with Crippen LogP contribution in [0.3, 0.4) is 0 Å². The van der Waals surface area contributed by atoms with Gasteiger partial charge in [-0.3, -0.25) is 4.79 Å². The van der Waals surface area contributed by atoms with Crippen LogP contribution in [0.5, 0.6) is 0 Å². The van der Waals surface area contributed by atoms with E-state index >= 15 is 0 Å². The quantitative estimate of drug-likeness (QED) is 0.0700. The standard InChI is InChI=1S/C53H88O23/c1-21(2)23(57)9-8-22(3)33-25(70-45-40(66)34(60)24(58)19-69-45)14-50(6)30-11-10-29-49(4,5)32(12-13-52(29)20-53(30,52)31(59)15-51(33,50)7)74-48-44(39(65)36(62)27(17-55)73-48)76-47-42(68)43(37(63)28(18-56)72-47)75-46-41(67)38(64)35(61)26(16-54)71-46/h21-22,24-48,54-56,58-68H,8-20H2,1-7H3/t22-,24+,25+,26-,27-,28-,29+,30+,31-,32+,33+,34+,35-,36-,37-,38+,39+,40-,41-,42-,43+,44-,45+,46+,47+,48+,50+,51-,52-,53+/m1/s1. The number of rotatable bonds is 16. The van der Waals surface area contributed by atoms with Crippen molar-refractivity contribution in [1.29, 1.82) is 0 Å². The Kier molecular flexibility index (Phi) is 17.1. The molecular formula is C53H88O23. The van der Waals surface area contributed by atoms with Gasteiger partial charge in [-0.2, -0.15) is 0 Å². The van der Waals surface area contributed by atoms with Gasteiger partial charge in [-0.05, 0) is 96.7 Å². The molecule has 14 N–H and O–H groups in total. The smallest absolute Gasteiger partial charge is 0.187 e. The van der Waals surface area contributed by atoms with Crippen molar-refractivity contribution in [2.75, 3.05) is 26.4 Å². The van der Waals surface area contributed by atoms with Crippen molar-refractivity contribution >= 4 is 5.78 Å². The molecular weight excluding hydrogens is 1000 g/mol. The molecule has 23 heteroatoms. The molecule has 0 bridgehead atoms. The van der Waals surface area contributed by atoms with E-state index in [1.165, 1.54) is 0 Å². The summed E-state index contributed by atoms with van der Waals surface area (Å²) in [7, 11) is 0. The summed E-state index contributed by atoms with van der Waals surface area (Å²) in [5.74, 6) is -0.118. The number of carbonyl (C=O) groups excluding carboxylic acids is 1. The van der Waals surface area contributed by atoms with Crippen molar-refractivity contribution in [3.05, 3.63) is 0 Å². The third kappa shape index (κ3) is 9.40. The lowest BCUT2D eigenvalue weighted by atomic mass is 9.41. The predicted octanol–water partition coefficient (Wildman–Crippen LogP) is -2.69. The van der Waals surface area contributed by atoms with E-state index in [0.717, 1.165) is 19.3 Å². The highest BCUT2D eigenvalue weighted by Gasteiger charge is 2.86. The molecule has 0 aromatic carbocycles. The first-order chi connectivity index (χ1) is 35.7. The highest BCUT2D eigenvalue weighted by atomic mass is 16.8. The molecule has 0 radical (unpaired) electrons. The van der Waals surface area contributed by atoms with E-state index < -0.39 is 177 Å². The van der Waals surface area contributed by atoms with Crippen molar-refractivity contribution in [1.82, 2.24) is 0 Å². The van der Waals surface area contributed by atoms with E-state index in [1.54, 1.807) is 0 Å². The van der Waals surface area contributed by atoms with Gasteiger partial charge < -0.3 is 109 Å². The van der Waals surface area contributed by atoms with Crippen LogP contribution in [-0.2, 0) is 42.7 Å². The minimum Gasteiger partial charge on any atom is -0.394 e. The Balaban J connectivity index is 0.951. The molecule has 30 atom stereocenters. The summed E-state index contributed by atoms with van der Waals surface area (Å²) in [6.07, 6.45) is -27.5. The maximum absolute atomic E-state index is 13.0. The fraction of sp³-hybridized carbons (Fsp3) is 0.981. The van der Waals surface area contributed by atoms with Gasteiger partial charge in [0.05, 0.1) is 44.7 Å². The predicted molar refractivity (Wildman–Crippen MR) is 258 cm³/mol. The van der Waals surface area contributed by atoms with Crippen molar-refractivity contribution in [3.8, 4) is 0 Å². The first-order valence-electron chi connectivity index (χ1n) is 27.7. The molecule has 5 aliphatic carbocycles. The molecule has 9 fully saturated rings. The molecule has 23 nitrogen and oxygen atoms in total. The number of ether oxygens (including phenoxy) is 8. The van der Waals surface area contributed by atoms with Gasteiger partial charge >= 0.3 is 0 Å². The number of aliphatic hydroxyl groups excluding tert-OH is 14. The van der Waals surface area contributed by atoms with E-state index in [0.29, 0.717) is 38.5 Å². The molecule has 0 unspecified atom stereocenters. The van der Waals surface area contributed by atoms with E-state index in [-0.39, 0.29) is 47.4 Å². The zero-order valence-electron chi connectivity index (χ0n) is 44.7. The maximum Gasteiger partial charge on any atom is 0.187 e. The van der Waals surface area contributed by atoms with Gasteiger partial charge in [0.1, 0.15) is 97.3 Å². The fourth-order valence-corrected chi connectivity index (χ4v) is 17.0. The second-order valence-corrected chi connectivity index (χ2v) is 25.7. The Morgan fingerprint density at radius 2 is 1.14 bits per heavy atom. The third-order valence-electron chi connectivity index (χ3n) is 21.3. The van der Waals surface area contributed by atoms with E-state index in [2.05, 4.69) is 34.6 Å². The SMILES string of the molecule is CC(C)C(=O)CC[C@@H](C)[C@H]1[C@@H](O[C@@H]2OC[C@H](O)[C@H](O)[C@H]2O)C[C@@]2(C)[C@@H]3CC[C@H]4C(C)(C)[C@@H](O[C@@H]5O[C@H](CO)[C@@H](O)[C@H](O)[C@H]5O[C@@H]5O[C@H](CO)[C@@H](O)[C@H](O[C@@H]6O[C@H](CO)[C@@H](O)[C@H](O)[C@H]6O)[C@H]5O)CC[C@@]45C[C@@]35[C@H](O)C[C@]12C. The monoisotopic (exact) mass is 1090 g/mol. The van der Waals surface area contributed by atoms with Crippen LogP contribution in [0.15, 0.2) is 0 Å². The topological polar surface area (TPSA) is 374 Å². The van der Waals surface area contributed by atoms with Crippen LogP contribution < -0.4 is 0 Å². The van der Waals surface area contributed by atoms with Crippen LogP contribution in [0.25, 0.3) is 0 Å². The van der Waals surface area contributed by atoms with Crippen molar-refractivity contribution in [2.24, 2.45) is 56.7 Å². The Morgan fingerprint density at radius 3 is 1.78 bits per heavy atom. The summed E-state index contributed by atoms with van der Waals surface area (Å²) in [6.45, 7) is 12.1.